The Labute approximate surface area is 122 Å². The molecule has 1 unspecified atom stereocenters. The third-order valence-electron chi connectivity index (χ3n) is 3.13. The van der Waals surface area contributed by atoms with Gasteiger partial charge in [-0.3, -0.25) is 0 Å². The Bertz CT molecular complexity index is 630. The molecule has 2 N–H and O–H groups in total. The fourth-order valence-electron chi connectivity index (χ4n) is 1.95. The average Bonchev–Trinajstić information content (AvgIpc) is 2.48. The van der Waals surface area contributed by atoms with Crippen molar-refractivity contribution in [1.29, 1.82) is 0 Å². The molecule has 0 spiro atoms. The Morgan fingerprint density at radius 1 is 1.14 bits per heavy atom. The van der Waals surface area contributed by atoms with Crippen molar-refractivity contribution in [3.8, 4) is 11.5 Å². The van der Waals surface area contributed by atoms with Crippen LogP contribution >= 0.6 is 0 Å². The molecule has 2 aromatic carbocycles. The van der Waals surface area contributed by atoms with E-state index in [1.165, 1.54) is 19.2 Å². The monoisotopic (exact) mass is 293 g/mol. The highest BCUT2D eigenvalue weighted by molar-refractivity contribution is 5.38. The van der Waals surface area contributed by atoms with Gasteiger partial charge in [0.2, 0.25) is 5.82 Å². The molecule has 0 radical (unpaired) electrons. The number of halogens is 2. The number of methoxy groups -OCH3 is 1. The first-order valence-electron chi connectivity index (χ1n) is 6.52. The molecule has 0 bridgehead atoms. The normalized spacial score (nSPS) is 12.0. The maximum Gasteiger partial charge on any atom is 0.200 e. The molecule has 0 aliphatic rings. The molecule has 1 atom stereocenters. The van der Waals surface area contributed by atoms with Crippen molar-refractivity contribution in [2.45, 2.75) is 19.6 Å². The lowest BCUT2D eigenvalue weighted by atomic mass is 10.1. The predicted molar refractivity (Wildman–Crippen MR) is 76.3 cm³/mol. The lowest BCUT2D eigenvalue weighted by Gasteiger charge is -2.14. The van der Waals surface area contributed by atoms with Crippen LogP contribution in [-0.2, 0) is 6.61 Å². The van der Waals surface area contributed by atoms with Crippen LogP contribution in [0.25, 0.3) is 0 Å². The number of ether oxygens (including phenoxy) is 2. The van der Waals surface area contributed by atoms with E-state index in [2.05, 4.69) is 0 Å². The molecule has 0 saturated heterocycles. The van der Waals surface area contributed by atoms with Crippen LogP contribution in [0.15, 0.2) is 36.4 Å². The van der Waals surface area contributed by atoms with Gasteiger partial charge in [0, 0.05) is 11.6 Å². The van der Waals surface area contributed by atoms with Crippen LogP contribution < -0.4 is 15.2 Å². The van der Waals surface area contributed by atoms with E-state index in [1.807, 2.05) is 19.1 Å². The number of benzene rings is 2. The maximum atomic E-state index is 13.5. The maximum absolute atomic E-state index is 13.5. The van der Waals surface area contributed by atoms with Crippen LogP contribution in [0.3, 0.4) is 0 Å². The highest BCUT2D eigenvalue weighted by Gasteiger charge is 2.11. The summed E-state index contributed by atoms with van der Waals surface area (Å²) >= 11 is 0. The molecule has 112 valence electrons. The van der Waals surface area contributed by atoms with Crippen molar-refractivity contribution in [2.24, 2.45) is 5.73 Å². The summed E-state index contributed by atoms with van der Waals surface area (Å²) in [6, 6.07) is 9.14. The van der Waals surface area contributed by atoms with E-state index in [-0.39, 0.29) is 18.4 Å². The topological polar surface area (TPSA) is 44.5 Å². The van der Waals surface area contributed by atoms with Crippen molar-refractivity contribution >= 4 is 0 Å². The second-order valence-corrected chi connectivity index (χ2v) is 4.70. The quantitative estimate of drug-likeness (QED) is 0.916. The zero-order valence-electron chi connectivity index (χ0n) is 11.9. The van der Waals surface area contributed by atoms with Gasteiger partial charge in [0.15, 0.2) is 11.6 Å². The summed E-state index contributed by atoms with van der Waals surface area (Å²) in [6.45, 7) is 1.92. The molecular formula is C16H17F2NO2. The second kappa shape index (κ2) is 6.54. The van der Waals surface area contributed by atoms with Gasteiger partial charge in [-0.05, 0) is 36.8 Å². The zero-order chi connectivity index (χ0) is 15.4. The Balaban J connectivity index is 2.22. The van der Waals surface area contributed by atoms with Crippen LogP contribution in [0.5, 0.6) is 11.5 Å². The number of rotatable bonds is 5. The standard InChI is InChI=1S/C16H17F2NO2/c1-10(19)11-6-7-14(20-2)12(8-11)9-21-15-5-3-4-13(17)16(15)18/h3-8,10H,9,19H2,1-2H3. The minimum atomic E-state index is -1.00. The lowest BCUT2D eigenvalue weighted by molar-refractivity contribution is 0.277. The van der Waals surface area contributed by atoms with Gasteiger partial charge in [0.05, 0.1) is 7.11 Å². The molecule has 21 heavy (non-hydrogen) atoms. The third-order valence-corrected chi connectivity index (χ3v) is 3.13. The Hall–Kier alpha value is -2.14. The molecule has 0 saturated carbocycles. The van der Waals surface area contributed by atoms with Gasteiger partial charge < -0.3 is 15.2 Å². The average molecular weight is 293 g/mol. The van der Waals surface area contributed by atoms with Gasteiger partial charge in [-0.25, -0.2) is 4.39 Å². The van der Waals surface area contributed by atoms with Gasteiger partial charge in [-0.1, -0.05) is 12.1 Å². The number of nitrogens with two attached hydrogens (primary N) is 1. The van der Waals surface area contributed by atoms with Crippen molar-refractivity contribution in [3.63, 3.8) is 0 Å². The molecule has 0 heterocycles. The van der Waals surface area contributed by atoms with Crippen LogP contribution in [0, 0.1) is 11.6 Å². The molecule has 0 aromatic heterocycles. The zero-order valence-corrected chi connectivity index (χ0v) is 11.9. The predicted octanol–water partition coefficient (Wildman–Crippen LogP) is 3.57. The summed E-state index contributed by atoms with van der Waals surface area (Å²) in [5.41, 5.74) is 7.46. The van der Waals surface area contributed by atoms with Gasteiger partial charge in [-0.2, -0.15) is 4.39 Å². The Morgan fingerprint density at radius 2 is 1.90 bits per heavy atom. The Morgan fingerprint density at radius 3 is 2.57 bits per heavy atom. The molecule has 0 fully saturated rings. The van der Waals surface area contributed by atoms with Gasteiger partial charge in [0.1, 0.15) is 12.4 Å². The van der Waals surface area contributed by atoms with Crippen LogP contribution in [0.4, 0.5) is 8.78 Å². The van der Waals surface area contributed by atoms with Crippen molar-refractivity contribution in [1.82, 2.24) is 0 Å². The van der Waals surface area contributed by atoms with Crippen molar-refractivity contribution in [2.75, 3.05) is 7.11 Å². The SMILES string of the molecule is COc1ccc(C(C)N)cc1COc1cccc(F)c1F. The van der Waals surface area contributed by atoms with E-state index in [9.17, 15) is 8.78 Å². The first-order valence-corrected chi connectivity index (χ1v) is 6.52. The molecule has 2 aromatic rings. The number of hydrogen-bond acceptors (Lipinski definition) is 3. The smallest absolute Gasteiger partial charge is 0.200 e. The van der Waals surface area contributed by atoms with Gasteiger partial charge in [0.25, 0.3) is 0 Å². The first-order chi connectivity index (χ1) is 10.0. The fraction of sp³-hybridized carbons (Fsp3) is 0.250. The molecule has 0 aliphatic carbocycles. The highest BCUT2D eigenvalue weighted by atomic mass is 19.2. The number of hydrogen-bond donors (Lipinski definition) is 1. The molecule has 0 aliphatic heterocycles. The molecule has 0 amide bonds. The Kier molecular flexibility index (Phi) is 4.75. The van der Waals surface area contributed by atoms with Crippen LogP contribution in [-0.4, -0.2) is 7.11 Å². The fourth-order valence-corrected chi connectivity index (χ4v) is 1.95. The minimum Gasteiger partial charge on any atom is -0.496 e. The largest absolute Gasteiger partial charge is 0.496 e. The summed E-state index contributed by atoms with van der Waals surface area (Å²) in [5.74, 6) is -1.47. The third kappa shape index (κ3) is 3.49. The van der Waals surface area contributed by atoms with Crippen LogP contribution in [0.2, 0.25) is 0 Å². The molecule has 5 heteroatoms. The molecule has 2 rings (SSSR count). The van der Waals surface area contributed by atoms with Crippen LogP contribution in [0.1, 0.15) is 24.1 Å². The van der Waals surface area contributed by atoms with Crippen molar-refractivity contribution < 1.29 is 18.3 Å². The van der Waals surface area contributed by atoms with E-state index >= 15 is 0 Å². The minimum absolute atomic E-state index is 0.0596. The summed E-state index contributed by atoms with van der Waals surface area (Å²) in [4.78, 5) is 0. The van der Waals surface area contributed by atoms with Gasteiger partial charge in [-0.15, -0.1) is 0 Å². The summed E-state index contributed by atoms with van der Waals surface area (Å²) in [5, 5.41) is 0. The summed E-state index contributed by atoms with van der Waals surface area (Å²) in [7, 11) is 1.53. The molecule has 3 nitrogen and oxygen atoms in total. The van der Waals surface area contributed by atoms with Crippen molar-refractivity contribution in [3.05, 3.63) is 59.2 Å². The van der Waals surface area contributed by atoms with E-state index in [4.69, 9.17) is 15.2 Å². The van der Waals surface area contributed by atoms with E-state index in [0.717, 1.165) is 17.2 Å². The molecular weight excluding hydrogens is 276 g/mol. The first kappa shape index (κ1) is 15.3. The van der Waals surface area contributed by atoms with Gasteiger partial charge >= 0.3 is 0 Å². The summed E-state index contributed by atoms with van der Waals surface area (Å²) in [6.07, 6.45) is 0. The lowest BCUT2D eigenvalue weighted by Crippen LogP contribution is -2.07. The van der Waals surface area contributed by atoms with E-state index in [0.29, 0.717) is 5.75 Å². The second-order valence-electron chi connectivity index (χ2n) is 4.70. The van der Waals surface area contributed by atoms with E-state index in [1.54, 1.807) is 6.07 Å². The van der Waals surface area contributed by atoms with E-state index < -0.39 is 11.6 Å². The summed E-state index contributed by atoms with van der Waals surface area (Å²) < 4.78 is 37.2. The highest BCUT2D eigenvalue weighted by Crippen LogP contribution is 2.26.